The number of carbonyl (C=O) groups excluding carboxylic acids is 4. The smallest absolute Gasteiger partial charge is 0.255 e. The number of aromatic hydroxyl groups is 1. The summed E-state index contributed by atoms with van der Waals surface area (Å²) in [6, 6.07) is 10.6. The van der Waals surface area contributed by atoms with E-state index in [1.165, 1.54) is 4.90 Å². The molecule has 0 spiro atoms. The lowest BCUT2D eigenvalue weighted by Gasteiger charge is -2.54. The number of rotatable bonds is 5. The summed E-state index contributed by atoms with van der Waals surface area (Å²) in [7, 11) is 3.11. The van der Waals surface area contributed by atoms with Gasteiger partial charge in [0.2, 0.25) is 5.78 Å². The zero-order valence-electron chi connectivity index (χ0n) is 23.6. The molecule has 1 fully saturated rings. The van der Waals surface area contributed by atoms with E-state index in [-0.39, 0.29) is 34.9 Å². The lowest BCUT2D eigenvalue weighted by molar-refractivity contribution is -0.160. The number of likely N-dealkylation sites (N-methyl/N-ethyl adjacent to an activating group) is 1. The maximum Gasteiger partial charge on any atom is 0.255 e. The molecule has 0 bridgehead atoms. The standard InChI is InChI=1S/C31H33N3O8/c1-13-17-11-10-16(12-33-30(41)15-8-6-5-7-9-15)24(35)19(17)25(36)20-18(13)14(2)22-23(34(3)4)26(37)21(29(32)40)28(39)31(22,42)27(20)38/h5-11,13-14,18,22-23,35-36,39,42H,12H2,1-4H3,(H2,32,40)(H,33,41)/t13-,14-,18-,22-,23-,31-/m0/s1. The van der Waals surface area contributed by atoms with Gasteiger partial charge in [0.25, 0.3) is 11.8 Å². The molecule has 0 unspecified atom stereocenters. The predicted molar refractivity (Wildman–Crippen MR) is 151 cm³/mol. The van der Waals surface area contributed by atoms with Crippen LogP contribution in [0.15, 0.2) is 59.4 Å². The van der Waals surface area contributed by atoms with Crippen molar-refractivity contribution in [3.63, 3.8) is 0 Å². The number of Topliss-reactive ketones (excluding diaryl/α,β-unsaturated/α-hetero) is 2. The molecule has 7 N–H and O–H groups in total. The number of phenolic OH excluding ortho intramolecular Hbond substituents is 1. The molecule has 5 rings (SSSR count). The second kappa shape index (κ2) is 10.1. The van der Waals surface area contributed by atoms with Crippen molar-refractivity contribution >= 4 is 29.1 Å². The van der Waals surface area contributed by atoms with Crippen LogP contribution in [0.3, 0.4) is 0 Å². The van der Waals surface area contributed by atoms with E-state index in [1.54, 1.807) is 70.4 Å². The van der Waals surface area contributed by atoms with Gasteiger partial charge in [0.15, 0.2) is 11.4 Å². The van der Waals surface area contributed by atoms with Gasteiger partial charge in [-0.2, -0.15) is 0 Å². The van der Waals surface area contributed by atoms with Gasteiger partial charge in [-0.1, -0.05) is 44.2 Å². The van der Waals surface area contributed by atoms with Crippen molar-refractivity contribution in [2.75, 3.05) is 14.1 Å². The minimum absolute atomic E-state index is 0.0301. The van der Waals surface area contributed by atoms with Crippen molar-refractivity contribution < 1.29 is 39.6 Å². The quantitative estimate of drug-likeness (QED) is 0.288. The molecule has 0 heterocycles. The maximum atomic E-state index is 14.2. The van der Waals surface area contributed by atoms with E-state index in [2.05, 4.69) is 5.32 Å². The van der Waals surface area contributed by atoms with Crippen molar-refractivity contribution in [2.45, 2.75) is 38.0 Å². The number of carbonyl (C=O) groups is 4. The third kappa shape index (κ3) is 3.95. The van der Waals surface area contributed by atoms with Gasteiger partial charge in [0.05, 0.1) is 11.6 Å². The van der Waals surface area contributed by atoms with Gasteiger partial charge in [-0.15, -0.1) is 0 Å². The van der Waals surface area contributed by atoms with Crippen LogP contribution in [0.5, 0.6) is 5.75 Å². The van der Waals surface area contributed by atoms with E-state index in [1.807, 2.05) is 0 Å². The average Bonchev–Trinajstić information content (AvgIpc) is 2.94. The van der Waals surface area contributed by atoms with Crippen LogP contribution in [0.25, 0.3) is 5.76 Å². The molecule has 0 aliphatic heterocycles. The van der Waals surface area contributed by atoms with Crippen LogP contribution in [-0.2, 0) is 20.9 Å². The Morgan fingerprint density at radius 2 is 1.67 bits per heavy atom. The lowest BCUT2D eigenvalue weighted by atomic mass is 9.51. The number of aliphatic hydroxyl groups excluding tert-OH is 2. The van der Waals surface area contributed by atoms with Crippen molar-refractivity contribution in [1.29, 1.82) is 0 Å². The number of amides is 2. The third-order valence-corrected chi connectivity index (χ3v) is 9.09. The van der Waals surface area contributed by atoms with Gasteiger partial charge in [-0.25, -0.2) is 0 Å². The highest BCUT2D eigenvalue weighted by Crippen LogP contribution is 2.58. The molecule has 11 heteroatoms. The highest BCUT2D eigenvalue weighted by atomic mass is 16.3. The number of hydrogen-bond donors (Lipinski definition) is 6. The van der Waals surface area contributed by atoms with Crippen molar-refractivity contribution in [3.05, 3.63) is 81.6 Å². The normalized spacial score (nSPS) is 28.8. The monoisotopic (exact) mass is 575 g/mol. The second-order valence-electron chi connectivity index (χ2n) is 11.5. The first-order valence-corrected chi connectivity index (χ1v) is 13.6. The average molecular weight is 576 g/mol. The van der Waals surface area contributed by atoms with Crippen LogP contribution in [0.2, 0.25) is 0 Å². The first-order valence-electron chi connectivity index (χ1n) is 13.6. The summed E-state index contributed by atoms with van der Waals surface area (Å²) in [6.45, 7) is 3.43. The topological polar surface area (TPSA) is 190 Å². The Morgan fingerprint density at radius 3 is 2.26 bits per heavy atom. The number of hydrogen-bond acceptors (Lipinski definition) is 9. The van der Waals surface area contributed by atoms with Gasteiger partial charge < -0.3 is 31.5 Å². The predicted octanol–water partition coefficient (Wildman–Crippen LogP) is 1.70. The van der Waals surface area contributed by atoms with Crippen LogP contribution in [0.4, 0.5) is 0 Å². The van der Waals surface area contributed by atoms with Crippen LogP contribution >= 0.6 is 0 Å². The van der Waals surface area contributed by atoms with Crippen LogP contribution < -0.4 is 11.1 Å². The fourth-order valence-electron chi connectivity index (χ4n) is 7.16. The molecule has 0 aromatic heterocycles. The fourth-order valence-corrected chi connectivity index (χ4v) is 7.16. The number of aliphatic hydroxyl groups is 3. The Hall–Kier alpha value is -4.48. The minimum Gasteiger partial charge on any atom is -0.508 e. The molecule has 6 atom stereocenters. The molecule has 2 aromatic rings. The molecular formula is C31H33N3O8. The maximum absolute atomic E-state index is 14.2. The number of nitrogens with zero attached hydrogens (tertiary/aromatic N) is 1. The zero-order chi connectivity index (χ0) is 30.8. The number of phenols is 1. The number of benzene rings is 2. The first-order chi connectivity index (χ1) is 19.7. The van der Waals surface area contributed by atoms with Gasteiger partial charge in [0, 0.05) is 35.1 Å². The molecule has 11 nitrogen and oxygen atoms in total. The van der Waals surface area contributed by atoms with E-state index in [0.29, 0.717) is 11.1 Å². The SMILES string of the molecule is C[C@H]1[C@H]2C(=C(O)c3c(ccc(CNC(=O)c4ccccc4)c3O)[C@@H]2C)C(=O)[C@]2(O)C(O)=C(C(N)=O)C(=O)[C@@H](N(C)C)[C@H]12. The number of nitrogens with one attached hydrogen (secondary N) is 1. The first kappa shape index (κ1) is 29.0. The molecule has 0 saturated heterocycles. The van der Waals surface area contributed by atoms with E-state index in [0.717, 1.165) is 0 Å². The van der Waals surface area contributed by atoms with Gasteiger partial charge in [0.1, 0.15) is 22.8 Å². The lowest BCUT2D eigenvalue weighted by Crippen LogP contribution is -2.68. The molecule has 2 amide bonds. The summed E-state index contributed by atoms with van der Waals surface area (Å²) in [5, 5.41) is 48.5. The molecule has 3 aliphatic rings. The fraction of sp³-hybridized carbons (Fsp3) is 0.355. The molecule has 2 aromatic carbocycles. The summed E-state index contributed by atoms with van der Waals surface area (Å²) < 4.78 is 0. The molecular weight excluding hydrogens is 542 g/mol. The molecule has 1 saturated carbocycles. The molecule has 0 radical (unpaired) electrons. The minimum atomic E-state index is -2.74. The summed E-state index contributed by atoms with van der Waals surface area (Å²) in [5.74, 6) is -8.67. The summed E-state index contributed by atoms with van der Waals surface area (Å²) in [6.07, 6.45) is 0. The molecule has 42 heavy (non-hydrogen) atoms. The summed E-state index contributed by atoms with van der Waals surface area (Å²) in [5.41, 5.74) is 2.76. The van der Waals surface area contributed by atoms with Gasteiger partial charge in [-0.3, -0.25) is 24.1 Å². The van der Waals surface area contributed by atoms with E-state index in [9.17, 15) is 39.6 Å². The second-order valence-corrected chi connectivity index (χ2v) is 11.5. The molecule has 220 valence electrons. The Bertz CT molecular complexity index is 1590. The highest BCUT2D eigenvalue weighted by Gasteiger charge is 2.67. The summed E-state index contributed by atoms with van der Waals surface area (Å²) in [4.78, 5) is 53.8. The van der Waals surface area contributed by atoms with E-state index >= 15 is 0 Å². The number of fused-ring (bicyclic) bond motifs is 3. The number of primary amides is 1. The molecule has 3 aliphatic carbocycles. The van der Waals surface area contributed by atoms with E-state index in [4.69, 9.17) is 5.73 Å². The Morgan fingerprint density at radius 1 is 1.02 bits per heavy atom. The largest absolute Gasteiger partial charge is 0.508 e. The van der Waals surface area contributed by atoms with Crippen molar-refractivity contribution in [2.24, 2.45) is 23.5 Å². The van der Waals surface area contributed by atoms with Crippen LogP contribution in [-0.4, -0.2) is 74.4 Å². The highest BCUT2D eigenvalue weighted by molar-refractivity contribution is 6.24. The van der Waals surface area contributed by atoms with E-state index < -0.39 is 69.9 Å². The number of nitrogens with two attached hydrogens (primary N) is 1. The van der Waals surface area contributed by atoms with Crippen molar-refractivity contribution in [3.8, 4) is 5.75 Å². The van der Waals surface area contributed by atoms with Crippen LogP contribution in [0.1, 0.15) is 46.8 Å². The third-order valence-electron chi connectivity index (χ3n) is 9.09. The number of ketones is 2. The van der Waals surface area contributed by atoms with Gasteiger partial charge >= 0.3 is 0 Å². The van der Waals surface area contributed by atoms with Crippen molar-refractivity contribution in [1.82, 2.24) is 10.2 Å². The Kier molecular flexibility index (Phi) is 6.99. The Balaban J connectivity index is 1.63. The van der Waals surface area contributed by atoms with Gasteiger partial charge in [-0.05, 0) is 43.6 Å². The van der Waals surface area contributed by atoms with Crippen LogP contribution in [0, 0.1) is 17.8 Å². The summed E-state index contributed by atoms with van der Waals surface area (Å²) >= 11 is 0. The Labute approximate surface area is 241 Å². The zero-order valence-corrected chi connectivity index (χ0v) is 23.6.